The summed E-state index contributed by atoms with van der Waals surface area (Å²) in [5.74, 6) is -0.239. The van der Waals surface area contributed by atoms with E-state index in [9.17, 15) is 18.3 Å². The summed E-state index contributed by atoms with van der Waals surface area (Å²) < 4.78 is 30.7. The molecule has 11 heteroatoms. The lowest BCUT2D eigenvalue weighted by molar-refractivity contribution is -0.134. The zero-order valence-corrected chi connectivity index (χ0v) is 20.1. The number of carbonyl (C=O) groups excluding carboxylic acids is 1. The number of aromatic nitrogens is 1. The Hall–Kier alpha value is -2.37. The van der Waals surface area contributed by atoms with Crippen molar-refractivity contribution in [3.63, 3.8) is 0 Å². The number of thiophene rings is 1. The van der Waals surface area contributed by atoms with E-state index in [4.69, 9.17) is 11.6 Å². The van der Waals surface area contributed by atoms with Crippen molar-refractivity contribution in [3.8, 4) is 0 Å². The normalized spacial score (nSPS) is 16.9. The Morgan fingerprint density at radius 3 is 2.82 bits per heavy atom. The molecule has 1 amide bonds. The number of sulfonamides is 1. The van der Waals surface area contributed by atoms with Crippen LogP contribution in [0.15, 0.2) is 40.7 Å². The molecule has 2 aliphatic heterocycles. The highest BCUT2D eigenvalue weighted by Gasteiger charge is 2.34. The van der Waals surface area contributed by atoms with Gasteiger partial charge in [0.25, 0.3) is 10.0 Å². The topological polar surface area (TPSA) is 94.9 Å². The highest BCUT2D eigenvalue weighted by atomic mass is 35.5. The molecule has 1 fully saturated rings. The van der Waals surface area contributed by atoms with E-state index >= 15 is 0 Å². The van der Waals surface area contributed by atoms with E-state index in [1.807, 2.05) is 22.9 Å². The predicted molar refractivity (Wildman–Crippen MR) is 128 cm³/mol. The van der Waals surface area contributed by atoms with E-state index in [-0.39, 0.29) is 29.8 Å². The molecule has 8 nitrogen and oxygen atoms in total. The maximum Gasteiger partial charge on any atom is 0.253 e. The third kappa shape index (κ3) is 4.17. The van der Waals surface area contributed by atoms with Crippen LogP contribution in [0.1, 0.15) is 17.0 Å². The van der Waals surface area contributed by atoms with Crippen LogP contribution in [0.5, 0.6) is 0 Å². The van der Waals surface area contributed by atoms with Crippen molar-refractivity contribution in [2.45, 2.75) is 23.8 Å². The molecule has 0 spiro atoms. The number of nitrogens with zero attached hydrogens (tertiary/aromatic N) is 3. The molecule has 2 N–H and O–H groups in total. The summed E-state index contributed by atoms with van der Waals surface area (Å²) in [4.78, 5) is 14.6. The monoisotopic (exact) mass is 506 g/mol. The van der Waals surface area contributed by atoms with Crippen molar-refractivity contribution >= 4 is 55.0 Å². The number of halogens is 1. The third-order valence-electron chi connectivity index (χ3n) is 5.97. The van der Waals surface area contributed by atoms with Crippen molar-refractivity contribution in [3.05, 3.63) is 58.5 Å². The summed E-state index contributed by atoms with van der Waals surface area (Å²) in [6.45, 7) is 1.83. The number of hydrogen-bond donors (Lipinski definition) is 2. The first-order valence-electron chi connectivity index (χ1n) is 10.6. The number of rotatable bonds is 6. The minimum absolute atomic E-state index is 0.00423. The van der Waals surface area contributed by atoms with Crippen molar-refractivity contribution < 1.29 is 18.3 Å². The standard InChI is InChI=1S/C22H23ClN4O4S2/c23-17-2-1-15-10-22(32-20(15)11-17)33(30,31)26-6-5-25(21(29)14-26)13-18-9-16-12-24-4-3-19(16)27(18)7-8-28/h1-4,9-11,24,28H,5-8,12-14H2. The van der Waals surface area contributed by atoms with Crippen LogP contribution in [0.3, 0.4) is 0 Å². The fraction of sp³-hybridized carbons (Fsp3) is 0.318. The minimum Gasteiger partial charge on any atom is -0.395 e. The van der Waals surface area contributed by atoms with Gasteiger partial charge < -0.3 is 19.9 Å². The number of aliphatic hydroxyl groups excluding tert-OH is 1. The van der Waals surface area contributed by atoms with Gasteiger partial charge in [-0.05, 0) is 47.5 Å². The molecular weight excluding hydrogens is 484 g/mol. The molecule has 2 aromatic heterocycles. The zero-order valence-electron chi connectivity index (χ0n) is 17.7. The van der Waals surface area contributed by atoms with Crippen LogP contribution in [-0.2, 0) is 34.5 Å². The number of aliphatic hydroxyl groups is 1. The number of hydrogen-bond acceptors (Lipinski definition) is 6. The van der Waals surface area contributed by atoms with Crippen LogP contribution in [0, 0.1) is 0 Å². The van der Waals surface area contributed by atoms with Gasteiger partial charge in [0, 0.05) is 47.3 Å². The van der Waals surface area contributed by atoms with Crippen molar-refractivity contribution in [2.75, 3.05) is 26.2 Å². The maximum absolute atomic E-state index is 13.2. The van der Waals surface area contributed by atoms with E-state index in [0.29, 0.717) is 31.2 Å². The molecule has 2 aliphatic rings. The molecule has 0 radical (unpaired) electrons. The molecule has 0 unspecified atom stereocenters. The number of fused-ring (bicyclic) bond motifs is 2. The predicted octanol–water partition coefficient (Wildman–Crippen LogP) is 2.46. The Kier molecular flexibility index (Phi) is 5.96. The zero-order chi connectivity index (χ0) is 23.2. The van der Waals surface area contributed by atoms with Crippen molar-refractivity contribution in [1.82, 2.24) is 19.1 Å². The Morgan fingerprint density at radius 1 is 1.18 bits per heavy atom. The highest BCUT2D eigenvalue weighted by Crippen LogP contribution is 2.33. The molecule has 0 saturated carbocycles. The van der Waals surface area contributed by atoms with Gasteiger partial charge in [-0.25, -0.2) is 8.42 Å². The molecule has 33 heavy (non-hydrogen) atoms. The maximum atomic E-state index is 13.2. The molecule has 0 bridgehead atoms. The molecular formula is C22H23ClN4O4S2. The summed E-state index contributed by atoms with van der Waals surface area (Å²) in [6.07, 6.45) is 3.83. The van der Waals surface area contributed by atoms with Gasteiger partial charge in [-0.3, -0.25) is 4.79 Å². The summed E-state index contributed by atoms with van der Waals surface area (Å²) in [6, 6.07) is 8.94. The van der Waals surface area contributed by atoms with Crippen molar-refractivity contribution in [1.29, 1.82) is 0 Å². The lowest BCUT2D eigenvalue weighted by atomic mass is 10.2. The Labute approximate surface area is 200 Å². The highest BCUT2D eigenvalue weighted by molar-refractivity contribution is 7.91. The van der Waals surface area contributed by atoms with Crippen LogP contribution >= 0.6 is 22.9 Å². The number of piperazine rings is 1. The van der Waals surface area contributed by atoms with Gasteiger partial charge in [0.15, 0.2) is 0 Å². The minimum atomic E-state index is -3.78. The van der Waals surface area contributed by atoms with Crippen LogP contribution in [-0.4, -0.2) is 59.4 Å². The van der Waals surface area contributed by atoms with E-state index < -0.39 is 10.0 Å². The van der Waals surface area contributed by atoms with Gasteiger partial charge in [-0.15, -0.1) is 11.3 Å². The summed E-state index contributed by atoms with van der Waals surface area (Å²) in [7, 11) is -3.78. The fourth-order valence-electron chi connectivity index (χ4n) is 4.31. The average molecular weight is 507 g/mol. The molecule has 174 valence electrons. The molecule has 1 saturated heterocycles. The molecule has 0 aliphatic carbocycles. The fourth-order valence-corrected chi connectivity index (χ4v) is 7.52. The SMILES string of the molecule is O=C1CN(S(=O)(=O)c2cc3ccc(Cl)cc3s2)CCN1Cc1cc2c(n1CCO)C=CNC2. The smallest absolute Gasteiger partial charge is 0.253 e. The van der Waals surface area contributed by atoms with Gasteiger partial charge in [0.1, 0.15) is 4.21 Å². The van der Waals surface area contributed by atoms with Crippen LogP contribution in [0.25, 0.3) is 16.2 Å². The second-order valence-electron chi connectivity index (χ2n) is 8.04. The van der Waals surface area contributed by atoms with Gasteiger partial charge in [0.2, 0.25) is 5.91 Å². The molecule has 3 aromatic rings. The van der Waals surface area contributed by atoms with Gasteiger partial charge in [0.05, 0.1) is 19.7 Å². The molecule has 0 atom stereocenters. The second-order valence-corrected chi connectivity index (χ2v) is 11.7. The molecule has 4 heterocycles. The Morgan fingerprint density at radius 2 is 2.03 bits per heavy atom. The Bertz CT molecular complexity index is 1360. The number of amides is 1. The van der Waals surface area contributed by atoms with Gasteiger partial charge >= 0.3 is 0 Å². The van der Waals surface area contributed by atoms with E-state index in [0.717, 1.165) is 38.4 Å². The first kappa shape index (κ1) is 22.4. The van der Waals surface area contributed by atoms with E-state index in [1.54, 1.807) is 29.2 Å². The van der Waals surface area contributed by atoms with Crippen molar-refractivity contribution in [2.24, 2.45) is 0 Å². The largest absolute Gasteiger partial charge is 0.395 e. The lowest BCUT2D eigenvalue weighted by Crippen LogP contribution is -2.51. The number of carbonyl (C=O) groups is 1. The van der Waals surface area contributed by atoms with Crippen LogP contribution < -0.4 is 5.32 Å². The van der Waals surface area contributed by atoms with E-state index in [1.165, 1.54) is 4.31 Å². The lowest BCUT2D eigenvalue weighted by Gasteiger charge is -2.33. The number of nitrogens with one attached hydrogen (secondary N) is 1. The number of benzene rings is 1. The van der Waals surface area contributed by atoms with Gasteiger partial charge in [-0.2, -0.15) is 4.31 Å². The molecule has 1 aromatic carbocycles. The van der Waals surface area contributed by atoms with Gasteiger partial charge in [-0.1, -0.05) is 17.7 Å². The van der Waals surface area contributed by atoms with E-state index in [2.05, 4.69) is 5.32 Å². The second kappa shape index (κ2) is 8.77. The van der Waals surface area contributed by atoms with Crippen LogP contribution in [0.2, 0.25) is 5.02 Å². The first-order chi connectivity index (χ1) is 15.9. The quantitative estimate of drug-likeness (QED) is 0.535. The van der Waals surface area contributed by atoms with Crippen LogP contribution in [0.4, 0.5) is 0 Å². The summed E-state index contributed by atoms with van der Waals surface area (Å²) in [5.41, 5.74) is 3.06. The summed E-state index contributed by atoms with van der Waals surface area (Å²) in [5, 5.41) is 14.0. The summed E-state index contributed by atoms with van der Waals surface area (Å²) >= 11 is 7.19. The first-order valence-corrected chi connectivity index (χ1v) is 13.2. The molecule has 5 rings (SSSR count). The average Bonchev–Trinajstić information content (AvgIpc) is 3.37. The third-order valence-corrected chi connectivity index (χ3v) is 9.60. The Balaban J connectivity index is 1.33.